The van der Waals surface area contributed by atoms with Crippen molar-refractivity contribution in [1.29, 1.82) is 0 Å². The standard InChI is InChI=1S/C9H21N.N3/c1-4-7-10(8-5-2)9-6-3;1-3-2/h4-9H2,1-3H3;/q;-1/p+1. The van der Waals surface area contributed by atoms with Crippen molar-refractivity contribution in [3.63, 3.8) is 0 Å². The molecular formula is C9H22N4. The van der Waals surface area contributed by atoms with Gasteiger partial charge in [0.15, 0.2) is 0 Å². The number of hydrogen-bond donors (Lipinski definition) is 1. The number of rotatable bonds is 6. The molecule has 0 amide bonds. The van der Waals surface area contributed by atoms with Gasteiger partial charge in [-0.3, -0.25) is 4.91 Å². The van der Waals surface area contributed by atoms with Gasteiger partial charge in [0.05, 0.1) is 19.6 Å². The molecule has 0 fully saturated rings. The van der Waals surface area contributed by atoms with Gasteiger partial charge in [0.1, 0.15) is 0 Å². The Morgan fingerprint density at radius 1 is 0.846 bits per heavy atom. The van der Waals surface area contributed by atoms with E-state index in [2.05, 4.69) is 20.8 Å². The summed E-state index contributed by atoms with van der Waals surface area (Å²) in [6.45, 7) is 10.9. The Labute approximate surface area is 81.3 Å². The molecule has 0 aromatic rings. The smallest absolute Gasteiger partial charge is 0.0768 e. The molecular weight excluding hydrogens is 164 g/mol. The van der Waals surface area contributed by atoms with Crippen LogP contribution < -0.4 is 4.90 Å². The highest BCUT2D eigenvalue weighted by Crippen LogP contribution is 1.71. The van der Waals surface area contributed by atoms with Crippen molar-refractivity contribution in [2.45, 2.75) is 40.0 Å². The molecule has 1 N–H and O–H groups in total. The van der Waals surface area contributed by atoms with Crippen molar-refractivity contribution in [3.05, 3.63) is 16.0 Å². The van der Waals surface area contributed by atoms with Gasteiger partial charge in [-0.2, -0.15) is 0 Å². The Hall–Kier alpha value is -0.730. The lowest BCUT2D eigenvalue weighted by Gasteiger charge is -2.16. The van der Waals surface area contributed by atoms with Crippen LogP contribution in [0.5, 0.6) is 0 Å². The maximum atomic E-state index is 6.75. The van der Waals surface area contributed by atoms with E-state index in [0.717, 1.165) is 0 Å². The summed E-state index contributed by atoms with van der Waals surface area (Å²) in [6, 6.07) is 0. The number of quaternary nitrogens is 1. The van der Waals surface area contributed by atoms with Crippen molar-refractivity contribution in [1.82, 2.24) is 0 Å². The fraction of sp³-hybridized carbons (Fsp3) is 1.00. The van der Waals surface area contributed by atoms with E-state index < -0.39 is 0 Å². The van der Waals surface area contributed by atoms with E-state index in [0.29, 0.717) is 0 Å². The van der Waals surface area contributed by atoms with Crippen LogP contribution in [0.1, 0.15) is 40.0 Å². The van der Waals surface area contributed by atoms with Gasteiger partial charge in [0, 0.05) is 0 Å². The van der Waals surface area contributed by atoms with E-state index in [4.69, 9.17) is 11.1 Å². The minimum Gasteiger partial charge on any atom is -0.373 e. The fourth-order valence-electron chi connectivity index (χ4n) is 1.44. The summed E-state index contributed by atoms with van der Waals surface area (Å²) in [5, 5.41) is 0. The maximum Gasteiger partial charge on any atom is 0.0768 e. The highest BCUT2D eigenvalue weighted by molar-refractivity contribution is 4.36. The van der Waals surface area contributed by atoms with Crippen LogP contribution in [0.4, 0.5) is 0 Å². The van der Waals surface area contributed by atoms with Gasteiger partial charge in [0.25, 0.3) is 0 Å². The Morgan fingerprint density at radius 2 is 1.08 bits per heavy atom. The molecule has 0 saturated heterocycles. The molecule has 0 atom stereocenters. The largest absolute Gasteiger partial charge is 0.373 e. The first-order valence-electron chi connectivity index (χ1n) is 5.08. The SMILES string of the molecule is CCC[NH+](CCC)CCC.[N-]=[N+]=[N-]. The van der Waals surface area contributed by atoms with Crippen molar-refractivity contribution in [3.8, 4) is 0 Å². The van der Waals surface area contributed by atoms with Gasteiger partial charge in [-0.25, -0.2) is 0 Å². The van der Waals surface area contributed by atoms with Gasteiger partial charge in [-0.1, -0.05) is 20.8 Å². The predicted octanol–water partition coefficient (Wildman–Crippen LogP) is 1.97. The summed E-state index contributed by atoms with van der Waals surface area (Å²) in [7, 11) is 0. The number of hydrogen-bond acceptors (Lipinski definition) is 0. The normalized spacial score (nSPS) is 8.92. The molecule has 0 unspecified atom stereocenters. The molecule has 78 valence electrons. The quantitative estimate of drug-likeness (QED) is 0.374. The van der Waals surface area contributed by atoms with Crippen LogP contribution >= 0.6 is 0 Å². The number of nitrogens with one attached hydrogen (secondary N) is 1. The lowest BCUT2D eigenvalue weighted by Crippen LogP contribution is -3.11. The minimum atomic E-state index is 1.33. The second-order valence-corrected chi connectivity index (χ2v) is 3.09. The lowest BCUT2D eigenvalue weighted by molar-refractivity contribution is -0.900. The lowest BCUT2D eigenvalue weighted by atomic mass is 10.3. The highest BCUT2D eigenvalue weighted by atomic mass is 15.1. The molecule has 4 heteroatoms. The van der Waals surface area contributed by atoms with Crippen LogP contribution in [0, 0.1) is 0 Å². The molecule has 4 nitrogen and oxygen atoms in total. The zero-order valence-corrected chi connectivity index (χ0v) is 9.08. The Bertz CT molecular complexity index is 105. The highest BCUT2D eigenvalue weighted by Gasteiger charge is 2.01. The summed E-state index contributed by atoms with van der Waals surface area (Å²) in [5.41, 5.74) is 13.5. The molecule has 0 aliphatic heterocycles. The second kappa shape index (κ2) is 13.8. The summed E-state index contributed by atoms with van der Waals surface area (Å²) in [5.74, 6) is 0. The van der Waals surface area contributed by atoms with E-state index in [-0.39, 0.29) is 0 Å². The third-order valence-corrected chi connectivity index (χ3v) is 1.81. The maximum absolute atomic E-state index is 6.75. The van der Waals surface area contributed by atoms with Gasteiger partial charge in [0.2, 0.25) is 0 Å². The molecule has 0 aliphatic carbocycles. The minimum absolute atomic E-state index is 1.33. The fourth-order valence-corrected chi connectivity index (χ4v) is 1.44. The monoisotopic (exact) mass is 186 g/mol. The van der Waals surface area contributed by atoms with Crippen LogP contribution in [0.25, 0.3) is 16.0 Å². The molecule has 0 radical (unpaired) electrons. The molecule has 0 aromatic heterocycles. The molecule has 0 heterocycles. The number of nitrogens with zero attached hydrogens (tertiary/aromatic N) is 3. The second-order valence-electron chi connectivity index (χ2n) is 3.09. The Balaban J connectivity index is 0. The first-order chi connectivity index (χ1) is 6.26. The van der Waals surface area contributed by atoms with Crippen molar-refractivity contribution in [2.24, 2.45) is 0 Å². The van der Waals surface area contributed by atoms with Gasteiger partial charge < -0.3 is 16.0 Å². The van der Waals surface area contributed by atoms with Crippen LogP contribution in [0.15, 0.2) is 0 Å². The average molecular weight is 186 g/mol. The van der Waals surface area contributed by atoms with E-state index in [1.165, 1.54) is 43.8 Å². The zero-order chi connectivity index (χ0) is 10.5. The Morgan fingerprint density at radius 3 is 1.23 bits per heavy atom. The summed E-state index contributed by atoms with van der Waals surface area (Å²) < 4.78 is 0. The molecule has 0 bridgehead atoms. The molecule has 0 spiro atoms. The van der Waals surface area contributed by atoms with Crippen molar-refractivity contribution in [2.75, 3.05) is 19.6 Å². The summed E-state index contributed by atoms with van der Waals surface area (Å²) in [6.07, 6.45) is 3.99. The van der Waals surface area contributed by atoms with Crippen LogP contribution in [0.3, 0.4) is 0 Å². The van der Waals surface area contributed by atoms with Crippen LogP contribution in [-0.2, 0) is 0 Å². The topological polar surface area (TPSA) is 63.1 Å². The Kier molecular flexibility index (Phi) is 15.7. The predicted molar refractivity (Wildman–Crippen MR) is 56.5 cm³/mol. The van der Waals surface area contributed by atoms with Crippen LogP contribution in [0.2, 0.25) is 0 Å². The first-order valence-corrected chi connectivity index (χ1v) is 5.08. The van der Waals surface area contributed by atoms with E-state index in [1.54, 1.807) is 4.90 Å². The third-order valence-electron chi connectivity index (χ3n) is 1.81. The molecule has 0 aliphatic rings. The van der Waals surface area contributed by atoms with Gasteiger partial charge >= 0.3 is 0 Å². The van der Waals surface area contributed by atoms with Crippen molar-refractivity contribution >= 4 is 0 Å². The van der Waals surface area contributed by atoms with Gasteiger partial charge in [-0.15, -0.1) is 0 Å². The van der Waals surface area contributed by atoms with E-state index >= 15 is 0 Å². The third kappa shape index (κ3) is 14.2. The molecule has 0 aromatic carbocycles. The summed E-state index contributed by atoms with van der Waals surface area (Å²) >= 11 is 0. The molecule has 0 saturated carbocycles. The average Bonchev–Trinajstić information content (AvgIpc) is 2.07. The molecule has 13 heavy (non-hydrogen) atoms. The zero-order valence-electron chi connectivity index (χ0n) is 9.08. The van der Waals surface area contributed by atoms with Crippen molar-refractivity contribution < 1.29 is 4.90 Å². The van der Waals surface area contributed by atoms with E-state index in [9.17, 15) is 0 Å². The molecule has 0 rings (SSSR count). The van der Waals surface area contributed by atoms with Crippen LogP contribution in [-0.4, -0.2) is 19.6 Å². The van der Waals surface area contributed by atoms with Gasteiger partial charge in [-0.05, 0) is 19.3 Å². The first kappa shape index (κ1) is 14.8. The van der Waals surface area contributed by atoms with E-state index in [1.807, 2.05) is 0 Å². The summed E-state index contributed by atoms with van der Waals surface area (Å²) in [4.78, 5) is 3.28.